The van der Waals surface area contributed by atoms with Crippen molar-refractivity contribution in [3.63, 3.8) is 0 Å². The van der Waals surface area contributed by atoms with Crippen LogP contribution in [0.15, 0.2) is 47.1 Å². The first kappa shape index (κ1) is 16.3. The maximum atomic E-state index is 5.94. The van der Waals surface area contributed by atoms with E-state index >= 15 is 0 Å². The second kappa shape index (κ2) is 6.79. The Morgan fingerprint density at radius 3 is 2.67 bits per heavy atom. The van der Waals surface area contributed by atoms with E-state index < -0.39 is 0 Å². The number of hydrogen-bond donors (Lipinski definition) is 0. The molecule has 2 aliphatic rings. The Bertz CT molecular complexity index is 492. The standard InChI is InChI=1S/C20H30O/c1-15(2)18-11-8-16(3)7-6-14-20(5)19(21-20)13-10-17(4)9-12-18/h7,9,12,19H,1,6,8,10-11,13-14H2,2-5H3. The number of ether oxygens (including phenoxy) is 1. The fraction of sp³-hybridized carbons (Fsp3) is 0.600. The van der Waals surface area contributed by atoms with Crippen molar-refractivity contribution in [3.05, 3.63) is 47.1 Å². The van der Waals surface area contributed by atoms with Crippen LogP contribution in [-0.4, -0.2) is 11.7 Å². The van der Waals surface area contributed by atoms with Gasteiger partial charge in [0.05, 0.1) is 11.7 Å². The molecule has 1 aliphatic heterocycles. The molecule has 1 aliphatic carbocycles. The van der Waals surface area contributed by atoms with E-state index in [-0.39, 0.29) is 5.60 Å². The lowest BCUT2D eigenvalue weighted by Crippen LogP contribution is -2.09. The van der Waals surface area contributed by atoms with Gasteiger partial charge in [-0.15, -0.1) is 0 Å². The van der Waals surface area contributed by atoms with Gasteiger partial charge in [0.2, 0.25) is 0 Å². The van der Waals surface area contributed by atoms with Crippen molar-refractivity contribution >= 4 is 0 Å². The molecular formula is C20H30O. The van der Waals surface area contributed by atoms with E-state index in [4.69, 9.17) is 4.74 Å². The summed E-state index contributed by atoms with van der Waals surface area (Å²) in [6.45, 7) is 13.0. The lowest BCUT2D eigenvalue weighted by molar-refractivity contribution is 0.295. The zero-order valence-electron chi connectivity index (χ0n) is 14.2. The number of fused-ring (bicyclic) bond motifs is 1. The van der Waals surface area contributed by atoms with Gasteiger partial charge in [0.25, 0.3) is 0 Å². The summed E-state index contributed by atoms with van der Waals surface area (Å²) in [6.07, 6.45) is 14.2. The Hall–Kier alpha value is -1.08. The molecule has 1 fully saturated rings. The summed E-state index contributed by atoms with van der Waals surface area (Å²) in [5, 5.41) is 0. The SMILES string of the molecule is C=C(C)C1=CC=C(C)CCC2OC2(C)CCC=C(C)CC1. The molecule has 0 amide bonds. The molecule has 2 rings (SSSR count). The molecule has 21 heavy (non-hydrogen) atoms. The summed E-state index contributed by atoms with van der Waals surface area (Å²) in [4.78, 5) is 0. The Morgan fingerprint density at radius 1 is 1.19 bits per heavy atom. The highest BCUT2D eigenvalue weighted by atomic mass is 16.6. The average Bonchev–Trinajstić information content (AvgIpc) is 3.06. The monoisotopic (exact) mass is 286 g/mol. The van der Waals surface area contributed by atoms with Crippen LogP contribution in [0.5, 0.6) is 0 Å². The minimum absolute atomic E-state index is 0.139. The zero-order valence-corrected chi connectivity index (χ0v) is 14.2. The summed E-state index contributed by atoms with van der Waals surface area (Å²) >= 11 is 0. The predicted molar refractivity (Wildman–Crippen MR) is 91.4 cm³/mol. The van der Waals surface area contributed by atoms with E-state index in [0.717, 1.165) is 38.5 Å². The van der Waals surface area contributed by atoms with E-state index in [1.54, 1.807) is 0 Å². The number of rotatable bonds is 1. The molecule has 1 nitrogen and oxygen atoms in total. The molecule has 0 aromatic rings. The molecule has 116 valence electrons. The van der Waals surface area contributed by atoms with Crippen LogP contribution in [0.25, 0.3) is 0 Å². The maximum absolute atomic E-state index is 5.94. The minimum atomic E-state index is 0.139. The molecule has 0 spiro atoms. The van der Waals surface area contributed by atoms with Gasteiger partial charge in [-0.1, -0.05) is 41.5 Å². The normalized spacial score (nSPS) is 31.2. The molecular weight excluding hydrogens is 256 g/mol. The van der Waals surface area contributed by atoms with Gasteiger partial charge in [0.1, 0.15) is 0 Å². The Balaban J connectivity index is 2.12. The fourth-order valence-corrected chi connectivity index (χ4v) is 3.04. The van der Waals surface area contributed by atoms with Gasteiger partial charge in [-0.05, 0) is 71.8 Å². The van der Waals surface area contributed by atoms with Crippen LogP contribution in [0.1, 0.15) is 66.2 Å². The number of allylic oxidation sites excluding steroid dienone is 7. The smallest absolute Gasteiger partial charge is 0.0923 e. The Labute approximate surface area is 130 Å². The van der Waals surface area contributed by atoms with Gasteiger partial charge >= 0.3 is 0 Å². The largest absolute Gasteiger partial charge is 0.366 e. The molecule has 1 saturated heterocycles. The highest BCUT2D eigenvalue weighted by molar-refractivity contribution is 5.31. The first-order valence-electron chi connectivity index (χ1n) is 8.26. The molecule has 0 N–H and O–H groups in total. The van der Waals surface area contributed by atoms with Crippen molar-refractivity contribution in [2.24, 2.45) is 0 Å². The van der Waals surface area contributed by atoms with Crippen molar-refractivity contribution in [2.45, 2.75) is 77.9 Å². The molecule has 2 unspecified atom stereocenters. The van der Waals surface area contributed by atoms with Crippen molar-refractivity contribution in [2.75, 3.05) is 0 Å². The predicted octanol–water partition coefficient (Wildman–Crippen LogP) is 5.89. The summed E-state index contributed by atoms with van der Waals surface area (Å²) in [5.74, 6) is 0. The van der Waals surface area contributed by atoms with Crippen LogP contribution in [0.4, 0.5) is 0 Å². The van der Waals surface area contributed by atoms with E-state index in [2.05, 4.69) is 52.5 Å². The highest BCUT2D eigenvalue weighted by Crippen LogP contribution is 2.43. The summed E-state index contributed by atoms with van der Waals surface area (Å²) < 4.78 is 5.94. The maximum Gasteiger partial charge on any atom is 0.0923 e. The van der Waals surface area contributed by atoms with Gasteiger partial charge in [0.15, 0.2) is 0 Å². The van der Waals surface area contributed by atoms with Crippen LogP contribution in [0, 0.1) is 0 Å². The van der Waals surface area contributed by atoms with E-state index in [9.17, 15) is 0 Å². The third-order valence-corrected chi connectivity index (χ3v) is 4.88. The minimum Gasteiger partial charge on any atom is -0.366 e. The van der Waals surface area contributed by atoms with E-state index in [0.29, 0.717) is 6.10 Å². The van der Waals surface area contributed by atoms with Gasteiger partial charge < -0.3 is 4.74 Å². The van der Waals surface area contributed by atoms with Gasteiger partial charge in [-0.25, -0.2) is 0 Å². The molecule has 1 heteroatoms. The molecule has 2 atom stereocenters. The zero-order chi connectivity index (χ0) is 15.5. The molecule has 1 heterocycles. The van der Waals surface area contributed by atoms with Crippen LogP contribution in [-0.2, 0) is 4.74 Å². The summed E-state index contributed by atoms with van der Waals surface area (Å²) in [5.41, 5.74) is 5.64. The lowest BCUT2D eigenvalue weighted by atomic mass is 9.94. The fourth-order valence-electron chi connectivity index (χ4n) is 3.04. The van der Waals surface area contributed by atoms with Crippen LogP contribution >= 0.6 is 0 Å². The number of epoxide rings is 1. The quantitative estimate of drug-likeness (QED) is 0.432. The lowest BCUT2D eigenvalue weighted by Gasteiger charge is -2.09. The van der Waals surface area contributed by atoms with Gasteiger partial charge in [0, 0.05) is 0 Å². The number of hydrogen-bond acceptors (Lipinski definition) is 1. The highest BCUT2D eigenvalue weighted by Gasteiger charge is 2.50. The molecule has 0 radical (unpaired) electrons. The molecule has 0 aromatic carbocycles. The third-order valence-electron chi connectivity index (χ3n) is 4.88. The summed E-state index contributed by atoms with van der Waals surface area (Å²) in [6, 6.07) is 0. The van der Waals surface area contributed by atoms with Crippen LogP contribution in [0.3, 0.4) is 0 Å². The first-order valence-corrected chi connectivity index (χ1v) is 8.26. The van der Waals surface area contributed by atoms with E-state index in [1.165, 1.54) is 22.3 Å². The second-order valence-corrected chi connectivity index (χ2v) is 7.03. The molecule has 0 aromatic heterocycles. The molecule has 0 bridgehead atoms. The van der Waals surface area contributed by atoms with E-state index in [1.807, 2.05) is 0 Å². The van der Waals surface area contributed by atoms with Gasteiger partial charge in [-0.2, -0.15) is 0 Å². The third kappa shape index (κ3) is 4.71. The molecule has 0 saturated carbocycles. The van der Waals surface area contributed by atoms with Crippen LogP contribution in [0.2, 0.25) is 0 Å². The van der Waals surface area contributed by atoms with Crippen molar-refractivity contribution in [3.8, 4) is 0 Å². The Kier molecular flexibility index (Phi) is 5.27. The van der Waals surface area contributed by atoms with Crippen molar-refractivity contribution in [1.29, 1.82) is 0 Å². The topological polar surface area (TPSA) is 12.5 Å². The van der Waals surface area contributed by atoms with Crippen molar-refractivity contribution < 1.29 is 4.74 Å². The average molecular weight is 286 g/mol. The first-order chi connectivity index (χ1) is 9.90. The van der Waals surface area contributed by atoms with Gasteiger partial charge in [-0.3, -0.25) is 0 Å². The van der Waals surface area contributed by atoms with Crippen molar-refractivity contribution in [1.82, 2.24) is 0 Å². The summed E-state index contributed by atoms with van der Waals surface area (Å²) in [7, 11) is 0. The second-order valence-electron chi connectivity index (χ2n) is 7.03. The van der Waals surface area contributed by atoms with Crippen LogP contribution < -0.4 is 0 Å². The Morgan fingerprint density at radius 2 is 1.95 bits per heavy atom.